The van der Waals surface area contributed by atoms with Gasteiger partial charge in [0.05, 0.1) is 12.3 Å². The van der Waals surface area contributed by atoms with E-state index in [1.807, 2.05) is 0 Å². The number of hydrogen-bond acceptors (Lipinski definition) is 4. The minimum Gasteiger partial charge on any atom is -0.395 e. The van der Waals surface area contributed by atoms with Crippen LogP contribution >= 0.6 is 0 Å². The van der Waals surface area contributed by atoms with Crippen LogP contribution in [0.5, 0.6) is 0 Å². The molecular weight excluding hydrogens is 156 g/mol. The van der Waals surface area contributed by atoms with Crippen LogP contribution in [0.4, 0.5) is 5.82 Å². The number of aromatic amines is 1. The largest absolute Gasteiger partial charge is 0.395 e. The summed E-state index contributed by atoms with van der Waals surface area (Å²) in [7, 11) is 0. The molecule has 1 aromatic rings. The maximum Gasteiger partial charge on any atom is 0.150 e. The predicted molar refractivity (Wildman–Crippen MR) is 44.2 cm³/mol. The second kappa shape index (κ2) is 2.76. The molecule has 0 unspecified atom stereocenters. The van der Waals surface area contributed by atoms with Gasteiger partial charge in [-0.2, -0.15) is 5.10 Å². The summed E-state index contributed by atoms with van der Waals surface area (Å²) in [5.41, 5.74) is 7.79. The van der Waals surface area contributed by atoms with Crippen molar-refractivity contribution in [3.05, 3.63) is 11.3 Å². The molecular formula is C7H12N4O. The Kier molecular flexibility index (Phi) is 1.74. The molecule has 12 heavy (non-hydrogen) atoms. The summed E-state index contributed by atoms with van der Waals surface area (Å²) in [6.07, 6.45) is 0. The molecule has 5 heteroatoms. The van der Waals surface area contributed by atoms with Crippen LogP contribution in [0, 0.1) is 0 Å². The normalized spacial score (nSPS) is 16.8. The van der Waals surface area contributed by atoms with E-state index in [1.54, 1.807) is 0 Å². The molecule has 4 N–H and O–H groups in total. The number of nitrogens with one attached hydrogen (secondary N) is 1. The summed E-state index contributed by atoms with van der Waals surface area (Å²) in [5.74, 6) is 0.588. The van der Waals surface area contributed by atoms with Gasteiger partial charge in [-0.05, 0) is 0 Å². The van der Waals surface area contributed by atoms with Gasteiger partial charge in [0, 0.05) is 25.2 Å². The van der Waals surface area contributed by atoms with Crippen LogP contribution in [0.2, 0.25) is 0 Å². The van der Waals surface area contributed by atoms with E-state index in [2.05, 4.69) is 15.1 Å². The maximum atomic E-state index is 8.71. The first-order valence-corrected chi connectivity index (χ1v) is 3.96. The lowest BCUT2D eigenvalue weighted by atomic mass is 10.3. The Hall–Kier alpha value is -1.07. The van der Waals surface area contributed by atoms with Crippen molar-refractivity contribution >= 4 is 5.82 Å². The highest BCUT2D eigenvalue weighted by Crippen LogP contribution is 2.24. The minimum atomic E-state index is 0.192. The molecule has 5 nitrogen and oxygen atoms in total. The molecule has 0 atom stereocenters. The van der Waals surface area contributed by atoms with Gasteiger partial charge in [-0.15, -0.1) is 0 Å². The Morgan fingerprint density at radius 1 is 1.58 bits per heavy atom. The number of nitrogen functional groups attached to an aromatic ring is 1. The van der Waals surface area contributed by atoms with Crippen molar-refractivity contribution in [3.8, 4) is 0 Å². The smallest absolute Gasteiger partial charge is 0.150 e. The first-order chi connectivity index (χ1) is 5.81. The minimum absolute atomic E-state index is 0.192. The highest BCUT2D eigenvalue weighted by molar-refractivity contribution is 5.43. The summed E-state index contributed by atoms with van der Waals surface area (Å²) < 4.78 is 0. The van der Waals surface area contributed by atoms with E-state index in [1.165, 1.54) is 0 Å². The number of nitrogens with two attached hydrogens (primary N) is 1. The van der Waals surface area contributed by atoms with E-state index >= 15 is 0 Å². The molecule has 2 heterocycles. The predicted octanol–water partition coefficient (Wildman–Crippen LogP) is -0.700. The average molecular weight is 168 g/mol. The Morgan fingerprint density at radius 2 is 2.42 bits per heavy atom. The van der Waals surface area contributed by atoms with Crippen LogP contribution in [-0.4, -0.2) is 33.4 Å². The van der Waals surface area contributed by atoms with Crippen molar-refractivity contribution in [3.63, 3.8) is 0 Å². The fourth-order valence-corrected chi connectivity index (χ4v) is 1.53. The number of nitrogens with zero attached hydrogens (tertiary/aromatic N) is 2. The molecule has 1 aromatic heterocycles. The number of fused-ring (bicyclic) bond motifs is 1. The van der Waals surface area contributed by atoms with Crippen molar-refractivity contribution in [2.75, 3.05) is 18.9 Å². The zero-order valence-electron chi connectivity index (χ0n) is 6.75. The maximum absolute atomic E-state index is 8.71. The summed E-state index contributed by atoms with van der Waals surface area (Å²) >= 11 is 0. The van der Waals surface area contributed by atoms with Gasteiger partial charge in [0.2, 0.25) is 0 Å². The number of aliphatic hydroxyl groups is 1. The summed E-state index contributed by atoms with van der Waals surface area (Å²) in [6, 6.07) is 0. The molecule has 0 fully saturated rings. The van der Waals surface area contributed by atoms with Crippen LogP contribution < -0.4 is 5.73 Å². The highest BCUT2D eigenvalue weighted by atomic mass is 16.3. The zero-order chi connectivity index (χ0) is 8.55. The Labute approximate surface area is 70.2 Å². The van der Waals surface area contributed by atoms with Gasteiger partial charge in [0.1, 0.15) is 5.82 Å². The third kappa shape index (κ3) is 1.07. The number of H-pyrrole nitrogens is 1. The molecule has 0 amide bonds. The molecule has 0 saturated carbocycles. The van der Waals surface area contributed by atoms with E-state index in [0.717, 1.165) is 24.3 Å². The zero-order valence-corrected chi connectivity index (χ0v) is 6.75. The Balaban J connectivity index is 2.12. The van der Waals surface area contributed by atoms with Crippen molar-refractivity contribution in [2.24, 2.45) is 0 Å². The van der Waals surface area contributed by atoms with Crippen molar-refractivity contribution in [2.45, 2.75) is 13.1 Å². The Morgan fingerprint density at radius 3 is 3.08 bits per heavy atom. The monoisotopic (exact) mass is 168 g/mol. The van der Waals surface area contributed by atoms with Gasteiger partial charge in [-0.25, -0.2) is 0 Å². The summed E-state index contributed by atoms with van der Waals surface area (Å²) in [5, 5.41) is 15.5. The van der Waals surface area contributed by atoms with Crippen LogP contribution in [0.25, 0.3) is 0 Å². The SMILES string of the molecule is Nc1n[nH]c2c1CN(CCO)C2. The Bertz CT molecular complexity index is 283. The fourth-order valence-electron chi connectivity index (χ4n) is 1.53. The molecule has 0 spiro atoms. The fraction of sp³-hybridized carbons (Fsp3) is 0.571. The third-order valence-corrected chi connectivity index (χ3v) is 2.16. The molecule has 1 aliphatic rings. The van der Waals surface area contributed by atoms with Gasteiger partial charge in [0.15, 0.2) is 0 Å². The van der Waals surface area contributed by atoms with E-state index < -0.39 is 0 Å². The topological polar surface area (TPSA) is 78.2 Å². The van der Waals surface area contributed by atoms with Crippen LogP contribution in [0.1, 0.15) is 11.3 Å². The summed E-state index contributed by atoms with van der Waals surface area (Å²) in [4.78, 5) is 2.12. The second-order valence-electron chi connectivity index (χ2n) is 3.00. The van der Waals surface area contributed by atoms with E-state index in [0.29, 0.717) is 12.4 Å². The lowest BCUT2D eigenvalue weighted by Crippen LogP contribution is -2.20. The van der Waals surface area contributed by atoms with Gasteiger partial charge < -0.3 is 10.8 Å². The number of aliphatic hydroxyl groups excluding tert-OH is 1. The number of aromatic nitrogens is 2. The lowest BCUT2D eigenvalue weighted by molar-refractivity contribution is 0.196. The van der Waals surface area contributed by atoms with E-state index in [4.69, 9.17) is 10.8 Å². The average Bonchev–Trinajstić information content (AvgIpc) is 2.55. The standard InChI is InChI=1S/C7H12N4O/c8-7-5-3-11(1-2-12)4-6(5)9-10-7/h12H,1-4H2,(H3,8,9,10). The first kappa shape index (κ1) is 7.57. The number of β-amino-alcohol motifs (C(OH)–C–C–N with tert-alkyl or cyclic N) is 1. The van der Waals surface area contributed by atoms with Crippen molar-refractivity contribution < 1.29 is 5.11 Å². The number of rotatable bonds is 2. The molecule has 0 aliphatic carbocycles. The number of anilines is 1. The van der Waals surface area contributed by atoms with Crippen molar-refractivity contribution in [1.82, 2.24) is 15.1 Å². The van der Waals surface area contributed by atoms with Crippen molar-refractivity contribution in [1.29, 1.82) is 0 Å². The van der Waals surface area contributed by atoms with E-state index in [-0.39, 0.29) is 6.61 Å². The molecule has 0 bridgehead atoms. The second-order valence-corrected chi connectivity index (χ2v) is 3.00. The van der Waals surface area contributed by atoms with E-state index in [9.17, 15) is 0 Å². The quantitative estimate of drug-likeness (QED) is 0.545. The molecule has 2 rings (SSSR count). The lowest BCUT2D eigenvalue weighted by Gasteiger charge is -2.11. The molecule has 0 radical (unpaired) electrons. The highest BCUT2D eigenvalue weighted by Gasteiger charge is 2.22. The van der Waals surface area contributed by atoms with Crippen LogP contribution in [0.15, 0.2) is 0 Å². The third-order valence-electron chi connectivity index (χ3n) is 2.16. The van der Waals surface area contributed by atoms with Crippen LogP contribution in [-0.2, 0) is 13.1 Å². The molecule has 66 valence electrons. The molecule has 0 saturated heterocycles. The van der Waals surface area contributed by atoms with Gasteiger partial charge in [-0.1, -0.05) is 0 Å². The number of hydrogen-bond donors (Lipinski definition) is 3. The van der Waals surface area contributed by atoms with Gasteiger partial charge >= 0.3 is 0 Å². The van der Waals surface area contributed by atoms with Gasteiger partial charge in [-0.3, -0.25) is 10.00 Å². The van der Waals surface area contributed by atoms with Gasteiger partial charge in [0.25, 0.3) is 0 Å². The first-order valence-electron chi connectivity index (χ1n) is 3.96. The summed E-state index contributed by atoms with van der Waals surface area (Å²) in [6.45, 7) is 2.51. The molecule has 0 aromatic carbocycles. The van der Waals surface area contributed by atoms with Crippen LogP contribution in [0.3, 0.4) is 0 Å². The molecule has 1 aliphatic heterocycles.